The number of amides is 1. The molecule has 0 aliphatic heterocycles. The third-order valence-corrected chi connectivity index (χ3v) is 3.73. The highest BCUT2D eigenvalue weighted by Crippen LogP contribution is 2.16. The third kappa shape index (κ3) is 4.35. The van der Waals surface area contributed by atoms with Crippen LogP contribution >= 0.6 is 0 Å². The predicted molar refractivity (Wildman–Crippen MR) is 78.4 cm³/mol. The van der Waals surface area contributed by atoms with Crippen molar-refractivity contribution in [3.63, 3.8) is 0 Å². The first-order valence-electron chi connectivity index (χ1n) is 7.02. The Kier molecular flexibility index (Phi) is 5.55. The molecular formula is C16H25NO2. The fourth-order valence-electron chi connectivity index (χ4n) is 1.87. The minimum absolute atomic E-state index is 0.129. The highest BCUT2D eigenvalue weighted by Gasteiger charge is 2.22. The molecule has 0 aliphatic carbocycles. The summed E-state index contributed by atoms with van der Waals surface area (Å²) < 4.78 is 0. The number of carbonyl (C=O) groups excluding carboxylic acids is 1. The molecule has 0 unspecified atom stereocenters. The zero-order chi connectivity index (χ0) is 14.5. The van der Waals surface area contributed by atoms with E-state index in [0.717, 1.165) is 0 Å². The number of hydrogen-bond acceptors (Lipinski definition) is 2. The van der Waals surface area contributed by atoms with E-state index in [-0.39, 0.29) is 5.91 Å². The first kappa shape index (κ1) is 15.7. The summed E-state index contributed by atoms with van der Waals surface area (Å²) >= 11 is 0. The molecule has 0 atom stereocenters. The largest absolute Gasteiger partial charge is 0.388 e. The van der Waals surface area contributed by atoms with Gasteiger partial charge < -0.3 is 10.4 Å². The molecule has 0 bridgehead atoms. The van der Waals surface area contributed by atoms with Crippen LogP contribution in [0.3, 0.4) is 0 Å². The van der Waals surface area contributed by atoms with Crippen molar-refractivity contribution in [2.24, 2.45) is 0 Å². The zero-order valence-corrected chi connectivity index (χ0v) is 12.4. The zero-order valence-electron chi connectivity index (χ0n) is 12.4. The predicted octanol–water partition coefficient (Wildman–Crippen LogP) is 3.09. The summed E-state index contributed by atoms with van der Waals surface area (Å²) in [5.74, 6) is 0.331. The van der Waals surface area contributed by atoms with Crippen molar-refractivity contribution in [1.82, 2.24) is 5.32 Å². The number of carbonyl (C=O) groups is 1. The fourth-order valence-corrected chi connectivity index (χ4v) is 1.87. The summed E-state index contributed by atoms with van der Waals surface area (Å²) in [6.45, 7) is 8.39. The van der Waals surface area contributed by atoms with Crippen molar-refractivity contribution in [2.75, 3.05) is 6.54 Å². The second kappa shape index (κ2) is 6.71. The van der Waals surface area contributed by atoms with Crippen LogP contribution in [0.4, 0.5) is 0 Å². The quantitative estimate of drug-likeness (QED) is 0.828. The van der Waals surface area contributed by atoms with Gasteiger partial charge in [0.2, 0.25) is 0 Å². The Balaban J connectivity index is 2.63. The molecular weight excluding hydrogens is 238 g/mol. The second-order valence-electron chi connectivity index (χ2n) is 5.39. The van der Waals surface area contributed by atoms with Crippen LogP contribution in [0.15, 0.2) is 24.3 Å². The number of hydrogen-bond donors (Lipinski definition) is 2. The third-order valence-electron chi connectivity index (χ3n) is 3.73. The SMILES string of the molecule is CCC(O)(CC)CNC(=O)c1ccc(C(C)C)cc1. The van der Waals surface area contributed by atoms with E-state index in [1.54, 1.807) is 0 Å². The molecule has 0 fully saturated rings. The molecule has 0 spiro atoms. The van der Waals surface area contributed by atoms with Crippen molar-refractivity contribution in [2.45, 2.75) is 52.1 Å². The van der Waals surface area contributed by atoms with Crippen LogP contribution in [0.25, 0.3) is 0 Å². The molecule has 1 aromatic rings. The maximum Gasteiger partial charge on any atom is 0.251 e. The van der Waals surface area contributed by atoms with E-state index in [2.05, 4.69) is 19.2 Å². The molecule has 3 nitrogen and oxygen atoms in total. The average molecular weight is 263 g/mol. The minimum atomic E-state index is -0.798. The van der Waals surface area contributed by atoms with Crippen LogP contribution in [0.5, 0.6) is 0 Å². The molecule has 106 valence electrons. The summed E-state index contributed by atoms with van der Waals surface area (Å²) in [5, 5.41) is 12.9. The minimum Gasteiger partial charge on any atom is -0.388 e. The van der Waals surface area contributed by atoms with E-state index < -0.39 is 5.60 Å². The van der Waals surface area contributed by atoms with Gasteiger partial charge in [-0.2, -0.15) is 0 Å². The summed E-state index contributed by atoms with van der Waals surface area (Å²) in [6.07, 6.45) is 1.27. The molecule has 0 saturated heterocycles. The normalized spacial score (nSPS) is 11.7. The average Bonchev–Trinajstić information content (AvgIpc) is 2.44. The van der Waals surface area contributed by atoms with Gasteiger partial charge in [0.05, 0.1) is 5.60 Å². The van der Waals surface area contributed by atoms with Crippen LogP contribution in [-0.4, -0.2) is 23.2 Å². The smallest absolute Gasteiger partial charge is 0.251 e. The topological polar surface area (TPSA) is 49.3 Å². The second-order valence-corrected chi connectivity index (χ2v) is 5.39. The van der Waals surface area contributed by atoms with Gasteiger partial charge in [0.1, 0.15) is 0 Å². The molecule has 0 aliphatic rings. The van der Waals surface area contributed by atoms with Crippen LogP contribution < -0.4 is 5.32 Å². The van der Waals surface area contributed by atoms with Gasteiger partial charge in [-0.1, -0.05) is 39.8 Å². The lowest BCUT2D eigenvalue weighted by Gasteiger charge is -2.25. The van der Waals surface area contributed by atoms with E-state index in [4.69, 9.17) is 0 Å². The molecule has 19 heavy (non-hydrogen) atoms. The molecule has 2 N–H and O–H groups in total. The lowest BCUT2D eigenvalue weighted by Crippen LogP contribution is -2.42. The number of aliphatic hydroxyl groups is 1. The van der Waals surface area contributed by atoms with Crippen LogP contribution in [0.2, 0.25) is 0 Å². The van der Waals surface area contributed by atoms with Crippen LogP contribution in [0.1, 0.15) is 62.4 Å². The van der Waals surface area contributed by atoms with Crippen molar-refractivity contribution in [3.05, 3.63) is 35.4 Å². The standard InChI is InChI=1S/C16H25NO2/c1-5-16(19,6-2)11-17-15(18)14-9-7-13(8-10-14)12(3)4/h7-10,12,19H,5-6,11H2,1-4H3,(H,17,18). The van der Waals surface area contributed by atoms with Gasteiger partial charge in [-0.3, -0.25) is 4.79 Å². The van der Waals surface area contributed by atoms with Gasteiger partial charge in [-0.25, -0.2) is 0 Å². The molecule has 3 heteroatoms. The maximum atomic E-state index is 12.0. The molecule has 0 aromatic heterocycles. The Morgan fingerprint density at radius 3 is 2.16 bits per heavy atom. The van der Waals surface area contributed by atoms with Crippen LogP contribution in [-0.2, 0) is 0 Å². The van der Waals surface area contributed by atoms with Crippen molar-refractivity contribution in [3.8, 4) is 0 Å². The number of nitrogens with one attached hydrogen (secondary N) is 1. The molecule has 1 aromatic carbocycles. The summed E-state index contributed by atoms with van der Waals surface area (Å²) in [5.41, 5.74) is 1.06. The first-order valence-corrected chi connectivity index (χ1v) is 7.02. The van der Waals surface area contributed by atoms with E-state index in [1.807, 2.05) is 38.1 Å². The number of rotatable bonds is 6. The van der Waals surface area contributed by atoms with Gasteiger partial charge in [0, 0.05) is 12.1 Å². The lowest BCUT2D eigenvalue weighted by atomic mass is 9.97. The van der Waals surface area contributed by atoms with Gasteiger partial charge >= 0.3 is 0 Å². The van der Waals surface area contributed by atoms with E-state index in [0.29, 0.717) is 30.9 Å². The summed E-state index contributed by atoms with van der Waals surface area (Å²) in [6, 6.07) is 7.63. The number of benzene rings is 1. The fraction of sp³-hybridized carbons (Fsp3) is 0.562. The van der Waals surface area contributed by atoms with Crippen molar-refractivity contribution < 1.29 is 9.90 Å². The Morgan fingerprint density at radius 2 is 1.74 bits per heavy atom. The Labute approximate surface area is 116 Å². The van der Waals surface area contributed by atoms with Gasteiger partial charge in [-0.05, 0) is 36.5 Å². The Hall–Kier alpha value is -1.35. The molecule has 0 heterocycles. The highest BCUT2D eigenvalue weighted by molar-refractivity contribution is 5.94. The maximum absolute atomic E-state index is 12.0. The highest BCUT2D eigenvalue weighted by atomic mass is 16.3. The lowest BCUT2D eigenvalue weighted by molar-refractivity contribution is 0.0314. The molecule has 1 amide bonds. The van der Waals surface area contributed by atoms with Gasteiger partial charge in [-0.15, -0.1) is 0 Å². The molecule has 0 saturated carbocycles. The summed E-state index contributed by atoms with van der Waals surface area (Å²) in [4.78, 5) is 12.0. The van der Waals surface area contributed by atoms with Crippen molar-refractivity contribution in [1.29, 1.82) is 0 Å². The van der Waals surface area contributed by atoms with Gasteiger partial charge in [0.25, 0.3) is 5.91 Å². The first-order chi connectivity index (χ1) is 8.91. The van der Waals surface area contributed by atoms with E-state index in [1.165, 1.54) is 5.56 Å². The Bertz CT molecular complexity index is 405. The van der Waals surface area contributed by atoms with Gasteiger partial charge in [0.15, 0.2) is 0 Å². The monoisotopic (exact) mass is 263 g/mol. The molecule has 0 radical (unpaired) electrons. The Morgan fingerprint density at radius 1 is 1.21 bits per heavy atom. The van der Waals surface area contributed by atoms with Crippen molar-refractivity contribution >= 4 is 5.91 Å². The van der Waals surface area contributed by atoms with Crippen LogP contribution in [0, 0.1) is 0 Å². The molecule has 1 rings (SSSR count). The summed E-state index contributed by atoms with van der Waals surface area (Å²) in [7, 11) is 0. The van der Waals surface area contributed by atoms with E-state index in [9.17, 15) is 9.90 Å². The van der Waals surface area contributed by atoms with E-state index >= 15 is 0 Å².